The maximum Gasteiger partial charge on any atom is 0 e. The van der Waals surface area contributed by atoms with Crippen molar-refractivity contribution in [2.75, 3.05) is 0 Å². The monoisotopic (exact) mass is 311 g/mol. The van der Waals surface area contributed by atoms with Crippen LogP contribution in [0.4, 0.5) is 0 Å². The SMILES string of the molecule is C=C[C](=O)[Au].[Co]. The molecular formula is C3H3AuCoO. The Labute approximate surface area is 59.3 Å². The normalized spacial score (nSPS) is 5.67. The zero-order valence-corrected chi connectivity index (χ0v) is 6.04. The molecule has 0 fully saturated rings. The molecule has 0 amide bonds. The summed E-state index contributed by atoms with van der Waals surface area (Å²) in [4.78, 5) is 9.67. The summed E-state index contributed by atoms with van der Waals surface area (Å²) < 4.78 is -0.0370. The number of carbonyl (C=O) groups excluding carboxylic acids is 1. The summed E-state index contributed by atoms with van der Waals surface area (Å²) in [6.45, 7) is 3.20. The van der Waals surface area contributed by atoms with E-state index < -0.39 is 0 Å². The van der Waals surface area contributed by atoms with Crippen LogP contribution in [0.25, 0.3) is 0 Å². The van der Waals surface area contributed by atoms with Crippen LogP contribution in [0, 0.1) is 0 Å². The summed E-state index contributed by atoms with van der Waals surface area (Å²) in [6, 6.07) is 0. The molecule has 0 spiro atoms. The van der Waals surface area contributed by atoms with E-state index in [1.54, 1.807) is 21.1 Å². The molecule has 0 bridgehead atoms. The maximum atomic E-state index is 9.67. The minimum atomic E-state index is -0.0370. The molecule has 0 aliphatic carbocycles. The Morgan fingerprint density at radius 1 is 1.83 bits per heavy atom. The fraction of sp³-hybridized carbons (Fsp3) is 0. The van der Waals surface area contributed by atoms with E-state index in [0.717, 1.165) is 0 Å². The first-order chi connectivity index (χ1) is 2.27. The van der Waals surface area contributed by atoms with Crippen molar-refractivity contribution in [3.05, 3.63) is 12.7 Å². The van der Waals surface area contributed by atoms with Crippen molar-refractivity contribution in [2.24, 2.45) is 0 Å². The minimum absolute atomic E-state index is 0. The van der Waals surface area contributed by atoms with Gasteiger partial charge in [0.1, 0.15) is 0 Å². The molecule has 0 rings (SSSR count). The third-order valence-electron chi connectivity index (χ3n) is 0.145. The number of hydrogen-bond acceptors (Lipinski definition) is 1. The van der Waals surface area contributed by atoms with Crippen LogP contribution >= 0.6 is 0 Å². The van der Waals surface area contributed by atoms with Crippen LogP contribution in [0.2, 0.25) is 0 Å². The van der Waals surface area contributed by atoms with Crippen molar-refractivity contribution in [1.29, 1.82) is 0 Å². The molecule has 0 unspecified atom stereocenters. The van der Waals surface area contributed by atoms with Crippen molar-refractivity contribution in [1.82, 2.24) is 0 Å². The molecule has 1 radical (unpaired) electrons. The summed E-state index contributed by atoms with van der Waals surface area (Å²) in [7, 11) is 0. The first kappa shape index (κ1) is 9.82. The number of allylic oxidation sites excluding steroid dienone is 1. The van der Waals surface area contributed by atoms with Crippen LogP contribution in [0.1, 0.15) is 0 Å². The molecule has 0 saturated heterocycles. The van der Waals surface area contributed by atoms with Gasteiger partial charge in [-0.2, -0.15) is 0 Å². The Balaban J connectivity index is 0. The van der Waals surface area contributed by atoms with E-state index in [-0.39, 0.29) is 20.8 Å². The van der Waals surface area contributed by atoms with Crippen LogP contribution in [0.3, 0.4) is 0 Å². The molecule has 0 aromatic heterocycles. The zero-order chi connectivity index (χ0) is 4.28. The van der Waals surface area contributed by atoms with Gasteiger partial charge in [-0.05, 0) is 0 Å². The molecule has 0 atom stereocenters. The molecule has 0 aliphatic heterocycles. The van der Waals surface area contributed by atoms with Gasteiger partial charge in [0.2, 0.25) is 0 Å². The fourth-order valence-corrected chi connectivity index (χ4v) is 0. The standard InChI is InChI=1S/C3H3O.Au.Co/c1-2-3-4;;/h2H,1H2;;. The van der Waals surface area contributed by atoms with E-state index in [1.165, 1.54) is 6.08 Å². The van der Waals surface area contributed by atoms with Gasteiger partial charge in [-0.1, -0.05) is 0 Å². The van der Waals surface area contributed by atoms with Crippen LogP contribution in [0.5, 0.6) is 0 Å². The summed E-state index contributed by atoms with van der Waals surface area (Å²) in [5.74, 6) is 0. The fourth-order valence-electron chi connectivity index (χ4n) is 0. The first-order valence-electron chi connectivity index (χ1n) is 1.05. The molecule has 0 aromatic rings. The maximum absolute atomic E-state index is 9.67. The predicted octanol–water partition coefficient (Wildman–Crippen LogP) is 0.243. The van der Waals surface area contributed by atoms with Crippen LogP contribution in [-0.4, -0.2) is 4.00 Å². The van der Waals surface area contributed by atoms with Gasteiger partial charge >= 0.3 is 42.5 Å². The largest absolute Gasteiger partial charge is 0 e. The number of hydrogen-bond donors (Lipinski definition) is 0. The molecule has 3 heteroatoms. The first-order valence-corrected chi connectivity index (χ1v) is 2.14. The second-order valence-electron chi connectivity index (χ2n) is 0.471. The average molecular weight is 311 g/mol. The smallest absolute Gasteiger partial charge is 0 e. The second-order valence-corrected chi connectivity index (χ2v) is 1.54. The molecular weight excluding hydrogens is 308 g/mol. The van der Waals surface area contributed by atoms with Gasteiger partial charge in [0.15, 0.2) is 0 Å². The summed E-state index contributed by atoms with van der Waals surface area (Å²) >= 11 is 1.81. The van der Waals surface area contributed by atoms with Gasteiger partial charge in [-0.25, -0.2) is 0 Å². The molecule has 41 valence electrons. The molecule has 0 aromatic carbocycles. The van der Waals surface area contributed by atoms with Crippen LogP contribution in [0.15, 0.2) is 12.7 Å². The average Bonchev–Trinajstić information content (AvgIpc) is 1.38. The summed E-state index contributed by atoms with van der Waals surface area (Å²) in [6.07, 6.45) is 1.25. The van der Waals surface area contributed by atoms with Gasteiger partial charge in [0.25, 0.3) is 0 Å². The van der Waals surface area contributed by atoms with E-state index >= 15 is 0 Å². The third kappa shape index (κ3) is 8.82. The van der Waals surface area contributed by atoms with Crippen molar-refractivity contribution < 1.29 is 42.6 Å². The Hall–Kier alpha value is 0.657. The Bertz CT molecular complexity index is 61.8. The van der Waals surface area contributed by atoms with Gasteiger partial charge in [0, 0.05) is 16.8 Å². The Morgan fingerprint density at radius 3 is 2.00 bits per heavy atom. The minimum Gasteiger partial charge on any atom is 0 e. The predicted molar refractivity (Wildman–Crippen MR) is 15.2 cm³/mol. The molecule has 6 heavy (non-hydrogen) atoms. The van der Waals surface area contributed by atoms with Crippen LogP contribution in [-0.2, 0) is 42.6 Å². The van der Waals surface area contributed by atoms with E-state index in [1.807, 2.05) is 0 Å². The summed E-state index contributed by atoms with van der Waals surface area (Å²) in [5, 5.41) is 0. The molecule has 0 aliphatic rings. The topological polar surface area (TPSA) is 17.1 Å². The zero-order valence-electron chi connectivity index (χ0n) is 2.83. The third-order valence-corrected chi connectivity index (χ3v) is 0.587. The second kappa shape index (κ2) is 5.66. The molecule has 1 nitrogen and oxygen atoms in total. The number of rotatable bonds is 1. The van der Waals surface area contributed by atoms with Crippen molar-refractivity contribution in [3.63, 3.8) is 0 Å². The van der Waals surface area contributed by atoms with E-state index in [4.69, 9.17) is 0 Å². The van der Waals surface area contributed by atoms with Crippen molar-refractivity contribution in [2.45, 2.75) is 0 Å². The van der Waals surface area contributed by atoms with Gasteiger partial charge in [0.05, 0.1) is 0 Å². The molecule has 0 heterocycles. The molecule has 0 saturated carbocycles. The number of carbonyl (C=O) groups is 1. The van der Waals surface area contributed by atoms with Crippen LogP contribution < -0.4 is 0 Å². The van der Waals surface area contributed by atoms with E-state index in [9.17, 15) is 4.79 Å². The van der Waals surface area contributed by atoms with Gasteiger partial charge in [-0.3, -0.25) is 0 Å². The quantitative estimate of drug-likeness (QED) is 0.501. The molecule has 0 N–H and O–H groups in total. The van der Waals surface area contributed by atoms with E-state index in [0.29, 0.717) is 0 Å². The van der Waals surface area contributed by atoms with Crippen molar-refractivity contribution in [3.8, 4) is 0 Å². The van der Waals surface area contributed by atoms with Gasteiger partial charge < -0.3 is 0 Å². The van der Waals surface area contributed by atoms with Gasteiger partial charge in [-0.15, -0.1) is 0 Å². The van der Waals surface area contributed by atoms with Crippen molar-refractivity contribution >= 4 is 4.00 Å². The Morgan fingerprint density at radius 2 is 2.00 bits per heavy atom. The Kier molecular flexibility index (Phi) is 9.26. The summed E-state index contributed by atoms with van der Waals surface area (Å²) in [5.41, 5.74) is 0. The van der Waals surface area contributed by atoms with E-state index in [2.05, 4.69) is 6.58 Å².